The molecule has 5 heteroatoms. The van der Waals surface area contributed by atoms with Gasteiger partial charge in [0, 0.05) is 18.3 Å². The average molecular weight is 265 g/mol. The number of carboxylic acids is 2. The highest BCUT2D eigenvalue weighted by Gasteiger charge is 2.19. The third-order valence-corrected chi connectivity index (χ3v) is 2.96. The minimum Gasteiger partial charge on any atom is -0.481 e. The smallest absolute Gasteiger partial charge is 0.335 e. The van der Waals surface area contributed by atoms with Crippen LogP contribution in [0.25, 0.3) is 0 Å². The van der Waals surface area contributed by atoms with Crippen molar-refractivity contribution in [1.29, 1.82) is 0 Å². The Kier molecular flexibility index (Phi) is 4.92. The van der Waals surface area contributed by atoms with Crippen LogP contribution in [0.4, 0.5) is 5.69 Å². The number of carboxylic acid groups (broad SMARTS) is 2. The number of carbonyl (C=O) groups is 2. The van der Waals surface area contributed by atoms with E-state index < -0.39 is 17.9 Å². The molecule has 0 aliphatic rings. The molecule has 1 atom stereocenters. The van der Waals surface area contributed by atoms with Gasteiger partial charge in [0.05, 0.1) is 11.5 Å². The van der Waals surface area contributed by atoms with Crippen molar-refractivity contribution in [1.82, 2.24) is 0 Å². The molecule has 0 amide bonds. The predicted octanol–water partition coefficient (Wildman–Crippen LogP) is 2.32. The van der Waals surface area contributed by atoms with Gasteiger partial charge in [-0.15, -0.1) is 0 Å². The molecule has 0 spiro atoms. The number of benzene rings is 1. The fraction of sp³-hybridized carbons (Fsp3) is 0.429. The maximum absolute atomic E-state index is 10.9. The average Bonchev–Trinajstić information content (AvgIpc) is 2.35. The molecule has 1 rings (SSSR count). The molecule has 0 aromatic heterocycles. The molecule has 0 fully saturated rings. The Balaban J connectivity index is 2.93. The fourth-order valence-electron chi connectivity index (χ4n) is 1.78. The molecule has 19 heavy (non-hydrogen) atoms. The molecule has 0 heterocycles. The van der Waals surface area contributed by atoms with Crippen LogP contribution < -0.4 is 4.90 Å². The first-order valence-electron chi connectivity index (χ1n) is 6.15. The minimum absolute atomic E-state index is 0.137. The number of hydrogen-bond acceptors (Lipinski definition) is 3. The second-order valence-electron chi connectivity index (χ2n) is 4.84. The molecule has 104 valence electrons. The SMILES string of the molecule is CC(CN(c1ccc(C(=O)O)cc1)C(C)C)C(=O)O. The second kappa shape index (κ2) is 6.22. The van der Waals surface area contributed by atoms with Gasteiger partial charge in [-0.05, 0) is 38.1 Å². The summed E-state index contributed by atoms with van der Waals surface area (Å²) in [6, 6.07) is 6.60. The molecule has 0 aliphatic heterocycles. The largest absolute Gasteiger partial charge is 0.481 e. The standard InChI is InChI=1S/C14H19NO4/c1-9(2)15(8-10(3)13(16)17)12-6-4-11(5-7-12)14(18)19/h4-7,9-10H,8H2,1-3H3,(H,16,17)(H,18,19). The molecule has 2 N–H and O–H groups in total. The summed E-state index contributed by atoms with van der Waals surface area (Å²) in [5.41, 5.74) is 1.05. The van der Waals surface area contributed by atoms with Gasteiger partial charge < -0.3 is 15.1 Å². The zero-order chi connectivity index (χ0) is 14.6. The number of nitrogens with zero attached hydrogens (tertiary/aromatic N) is 1. The summed E-state index contributed by atoms with van der Waals surface area (Å²) in [5.74, 6) is -2.30. The van der Waals surface area contributed by atoms with Crippen molar-refractivity contribution in [3.63, 3.8) is 0 Å². The molecule has 0 aliphatic carbocycles. The Morgan fingerprint density at radius 2 is 1.63 bits per heavy atom. The maximum Gasteiger partial charge on any atom is 0.335 e. The summed E-state index contributed by atoms with van der Waals surface area (Å²) in [5, 5.41) is 17.8. The molecule has 1 unspecified atom stereocenters. The minimum atomic E-state index is -0.971. The second-order valence-corrected chi connectivity index (χ2v) is 4.84. The summed E-state index contributed by atoms with van der Waals surface area (Å²) in [6.45, 7) is 5.99. The van der Waals surface area contributed by atoms with Crippen molar-refractivity contribution in [3.8, 4) is 0 Å². The highest BCUT2D eigenvalue weighted by Crippen LogP contribution is 2.19. The molecule has 0 saturated carbocycles. The molecule has 5 nitrogen and oxygen atoms in total. The Bertz CT molecular complexity index is 453. The van der Waals surface area contributed by atoms with Crippen LogP contribution >= 0.6 is 0 Å². The quantitative estimate of drug-likeness (QED) is 0.825. The molecule has 1 aromatic carbocycles. The van der Waals surface area contributed by atoms with Gasteiger partial charge in [0.2, 0.25) is 0 Å². The Morgan fingerprint density at radius 3 is 2.00 bits per heavy atom. The first-order valence-corrected chi connectivity index (χ1v) is 6.15. The van der Waals surface area contributed by atoms with Gasteiger partial charge in [0.25, 0.3) is 0 Å². The molecular weight excluding hydrogens is 246 g/mol. The first kappa shape index (κ1) is 15.0. The lowest BCUT2D eigenvalue weighted by Gasteiger charge is -2.30. The van der Waals surface area contributed by atoms with E-state index in [0.717, 1.165) is 5.69 Å². The zero-order valence-electron chi connectivity index (χ0n) is 11.3. The van der Waals surface area contributed by atoms with Crippen LogP contribution in [0, 0.1) is 5.92 Å². The summed E-state index contributed by atoms with van der Waals surface area (Å²) < 4.78 is 0. The normalized spacial score (nSPS) is 12.2. The monoisotopic (exact) mass is 265 g/mol. The number of anilines is 1. The van der Waals surface area contributed by atoms with Crippen LogP contribution in [0.5, 0.6) is 0 Å². The lowest BCUT2D eigenvalue weighted by atomic mass is 10.1. The third kappa shape index (κ3) is 3.98. The summed E-state index contributed by atoms with van der Waals surface area (Å²) >= 11 is 0. The highest BCUT2D eigenvalue weighted by atomic mass is 16.4. The van der Waals surface area contributed by atoms with Crippen LogP contribution in [-0.2, 0) is 4.79 Å². The van der Waals surface area contributed by atoms with Crippen molar-refractivity contribution in [3.05, 3.63) is 29.8 Å². The number of hydrogen-bond donors (Lipinski definition) is 2. The number of rotatable bonds is 6. The third-order valence-electron chi connectivity index (χ3n) is 2.96. The van der Waals surface area contributed by atoms with Crippen molar-refractivity contribution in [2.24, 2.45) is 5.92 Å². The summed E-state index contributed by atoms with van der Waals surface area (Å²) in [4.78, 5) is 23.7. The lowest BCUT2D eigenvalue weighted by molar-refractivity contribution is -0.140. The molecule has 0 radical (unpaired) electrons. The van der Waals surface area contributed by atoms with Gasteiger partial charge in [-0.3, -0.25) is 4.79 Å². The number of aromatic carboxylic acids is 1. The Hall–Kier alpha value is -2.04. The van der Waals surface area contributed by atoms with E-state index in [1.165, 1.54) is 12.1 Å². The van der Waals surface area contributed by atoms with Gasteiger partial charge in [0.15, 0.2) is 0 Å². The molecular formula is C14H19NO4. The fourth-order valence-corrected chi connectivity index (χ4v) is 1.78. The highest BCUT2D eigenvalue weighted by molar-refractivity contribution is 5.88. The van der Waals surface area contributed by atoms with Crippen molar-refractivity contribution in [2.75, 3.05) is 11.4 Å². The van der Waals surface area contributed by atoms with Crippen molar-refractivity contribution >= 4 is 17.6 Å². The predicted molar refractivity (Wildman–Crippen MR) is 72.7 cm³/mol. The first-order chi connectivity index (χ1) is 8.82. The van der Waals surface area contributed by atoms with Crippen molar-refractivity contribution in [2.45, 2.75) is 26.8 Å². The van der Waals surface area contributed by atoms with Crippen LogP contribution in [0.1, 0.15) is 31.1 Å². The zero-order valence-corrected chi connectivity index (χ0v) is 11.3. The van der Waals surface area contributed by atoms with Gasteiger partial charge in [-0.1, -0.05) is 6.92 Å². The Labute approximate surface area is 112 Å². The van der Waals surface area contributed by atoms with E-state index in [-0.39, 0.29) is 11.6 Å². The number of aliphatic carboxylic acids is 1. The summed E-state index contributed by atoms with van der Waals surface area (Å²) in [7, 11) is 0. The van der Waals surface area contributed by atoms with Gasteiger partial charge in [-0.25, -0.2) is 4.79 Å². The van der Waals surface area contributed by atoms with E-state index in [1.54, 1.807) is 19.1 Å². The molecule has 0 saturated heterocycles. The maximum atomic E-state index is 10.9. The van der Waals surface area contributed by atoms with Gasteiger partial charge in [0.1, 0.15) is 0 Å². The lowest BCUT2D eigenvalue weighted by Crippen LogP contribution is -2.37. The van der Waals surface area contributed by atoms with Crippen LogP contribution in [0.3, 0.4) is 0 Å². The Morgan fingerprint density at radius 1 is 1.11 bits per heavy atom. The van der Waals surface area contributed by atoms with E-state index in [1.807, 2.05) is 18.7 Å². The van der Waals surface area contributed by atoms with E-state index in [9.17, 15) is 9.59 Å². The van der Waals surface area contributed by atoms with Gasteiger partial charge in [-0.2, -0.15) is 0 Å². The topological polar surface area (TPSA) is 77.8 Å². The van der Waals surface area contributed by atoms with E-state index in [0.29, 0.717) is 6.54 Å². The van der Waals surface area contributed by atoms with E-state index in [4.69, 9.17) is 10.2 Å². The van der Waals surface area contributed by atoms with Crippen LogP contribution in [0.2, 0.25) is 0 Å². The van der Waals surface area contributed by atoms with E-state index >= 15 is 0 Å². The van der Waals surface area contributed by atoms with Crippen molar-refractivity contribution < 1.29 is 19.8 Å². The van der Waals surface area contributed by atoms with Crippen LogP contribution in [0.15, 0.2) is 24.3 Å². The summed E-state index contributed by atoms with van der Waals surface area (Å²) in [6.07, 6.45) is 0. The molecule has 1 aromatic rings. The van der Waals surface area contributed by atoms with Gasteiger partial charge >= 0.3 is 11.9 Å². The van der Waals surface area contributed by atoms with Crippen LogP contribution in [-0.4, -0.2) is 34.7 Å². The molecule has 0 bridgehead atoms. The van der Waals surface area contributed by atoms with E-state index in [2.05, 4.69) is 0 Å².